The third-order valence-corrected chi connectivity index (χ3v) is 9.06. The van der Waals surface area contributed by atoms with Gasteiger partial charge in [-0.25, -0.2) is 4.98 Å². The Morgan fingerprint density at radius 1 is 0.837 bits per heavy atom. The number of hydrogen-bond acceptors (Lipinski definition) is 6. The van der Waals surface area contributed by atoms with Crippen LogP contribution in [0.25, 0.3) is 22.4 Å². The monoisotopic (exact) mass is 702 g/mol. The van der Waals surface area contributed by atoms with Gasteiger partial charge >= 0.3 is 6.18 Å². The van der Waals surface area contributed by atoms with Gasteiger partial charge in [0.2, 0.25) is 0 Å². The Hall–Kier alpha value is -3.47. The summed E-state index contributed by atoms with van der Waals surface area (Å²) in [7, 11) is 0. The second kappa shape index (κ2) is 18.0. The van der Waals surface area contributed by atoms with Gasteiger partial charge in [-0.2, -0.15) is 13.2 Å². The van der Waals surface area contributed by atoms with E-state index >= 15 is 0 Å². The minimum atomic E-state index is -4.58. The maximum absolute atomic E-state index is 13.4. The summed E-state index contributed by atoms with van der Waals surface area (Å²) in [5.74, 6) is 2.62. The van der Waals surface area contributed by atoms with Gasteiger partial charge in [-0.1, -0.05) is 59.6 Å². The second-order valence-corrected chi connectivity index (χ2v) is 12.3. The lowest BCUT2D eigenvalue weighted by molar-refractivity contribution is -0.137. The first-order valence-electron chi connectivity index (χ1n) is 17.5. The van der Waals surface area contributed by atoms with Crippen LogP contribution in [-0.4, -0.2) is 64.9 Å². The van der Waals surface area contributed by atoms with Crippen LogP contribution in [0.1, 0.15) is 72.8 Å². The third kappa shape index (κ3) is 9.83. The van der Waals surface area contributed by atoms with E-state index < -0.39 is 11.7 Å². The molecule has 0 aliphatic rings. The van der Waals surface area contributed by atoms with Crippen LogP contribution in [0, 0.1) is 0 Å². The molecule has 11 heteroatoms. The number of aryl methyl sites for hydroxylation is 1. The summed E-state index contributed by atoms with van der Waals surface area (Å²) < 4.78 is 61.3. The molecular formula is C38H50ClF3N4O3. The molecule has 1 unspecified atom stereocenters. The van der Waals surface area contributed by atoms with E-state index in [9.17, 15) is 13.2 Å². The molecule has 4 rings (SSSR count). The number of nitrogens with zero attached hydrogens (tertiary/aromatic N) is 4. The maximum Gasteiger partial charge on any atom is 0.417 e. The van der Waals surface area contributed by atoms with Crippen LogP contribution in [0.2, 0.25) is 5.02 Å². The molecule has 1 aromatic heterocycles. The Balaban J connectivity index is 1.72. The van der Waals surface area contributed by atoms with Crippen LogP contribution in [0.15, 0.2) is 54.6 Å². The molecule has 0 aliphatic carbocycles. The Morgan fingerprint density at radius 2 is 1.53 bits per heavy atom. The van der Waals surface area contributed by atoms with Gasteiger partial charge in [-0.3, -0.25) is 4.90 Å². The van der Waals surface area contributed by atoms with Crippen LogP contribution in [0.4, 0.5) is 13.2 Å². The highest BCUT2D eigenvalue weighted by molar-refractivity contribution is 6.31. The van der Waals surface area contributed by atoms with Crippen molar-refractivity contribution in [3.8, 4) is 34.4 Å². The number of imidazole rings is 1. The summed E-state index contributed by atoms with van der Waals surface area (Å²) in [6, 6.07) is 14.7. The summed E-state index contributed by atoms with van der Waals surface area (Å²) in [6.07, 6.45) is -1.05. The van der Waals surface area contributed by atoms with Crippen LogP contribution in [0.5, 0.6) is 23.0 Å². The molecule has 0 N–H and O–H groups in total. The summed E-state index contributed by atoms with van der Waals surface area (Å²) in [5.41, 5.74) is 1.59. The minimum absolute atomic E-state index is 0.0461. The fourth-order valence-corrected chi connectivity index (χ4v) is 6.13. The third-order valence-electron chi connectivity index (χ3n) is 8.73. The number of fused-ring (bicyclic) bond motifs is 1. The minimum Gasteiger partial charge on any atom is -0.493 e. The standard InChI is InChI=1S/C38H50ClF3N4O3/c1-7-13-22-46-33-25-30(47-23-14-21-44(9-3)10-4)26-34(49-35(8-2)45(11-5)12-6)36(33)43-37(46)27-15-17-28(18-16-27)48-29-19-20-32(39)31(24-29)38(40,41)42/h15-20,24-26,35H,7-14,21-23H2,1-6H3. The Morgan fingerprint density at radius 3 is 2.14 bits per heavy atom. The first kappa shape index (κ1) is 38.3. The maximum atomic E-state index is 13.4. The number of aromatic nitrogens is 2. The summed E-state index contributed by atoms with van der Waals surface area (Å²) >= 11 is 5.79. The Labute approximate surface area is 293 Å². The topological polar surface area (TPSA) is 52.0 Å². The smallest absolute Gasteiger partial charge is 0.417 e. The fourth-order valence-electron chi connectivity index (χ4n) is 5.91. The molecule has 3 aromatic carbocycles. The molecule has 268 valence electrons. The van der Waals surface area contributed by atoms with Gasteiger partial charge in [0, 0.05) is 30.8 Å². The van der Waals surface area contributed by atoms with E-state index in [-0.39, 0.29) is 17.0 Å². The highest BCUT2D eigenvalue weighted by Crippen LogP contribution is 2.39. The fraction of sp³-hybridized carbons (Fsp3) is 0.500. The number of rotatable bonds is 19. The molecule has 7 nitrogen and oxygen atoms in total. The summed E-state index contributed by atoms with van der Waals surface area (Å²) in [6.45, 7) is 18.9. The molecule has 4 aromatic rings. The van der Waals surface area contributed by atoms with E-state index in [0.29, 0.717) is 18.1 Å². The van der Waals surface area contributed by atoms with Crippen LogP contribution < -0.4 is 14.2 Å². The first-order chi connectivity index (χ1) is 23.6. The molecule has 0 fully saturated rings. The predicted octanol–water partition coefficient (Wildman–Crippen LogP) is 10.5. The Kier molecular flexibility index (Phi) is 14.1. The van der Waals surface area contributed by atoms with Gasteiger partial charge in [-0.05, 0) is 87.9 Å². The van der Waals surface area contributed by atoms with E-state index in [1.807, 2.05) is 18.2 Å². The van der Waals surface area contributed by atoms with Crippen LogP contribution in [-0.2, 0) is 12.7 Å². The molecule has 0 saturated heterocycles. The normalized spacial score (nSPS) is 12.7. The molecule has 1 atom stereocenters. The van der Waals surface area contributed by atoms with E-state index in [1.165, 1.54) is 12.1 Å². The zero-order valence-corrected chi connectivity index (χ0v) is 30.3. The highest BCUT2D eigenvalue weighted by Gasteiger charge is 2.33. The molecule has 1 heterocycles. The molecule has 0 bridgehead atoms. The van der Waals surface area contributed by atoms with E-state index in [4.69, 9.17) is 30.8 Å². The van der Waals surface area contributed by atoms with Crippen molar-refractivity contribution in [3.05, 3.63) is 65.2 Å². The van der Waals surface area contributed by atoms with Crippen molar-refractivity contribution in [2.24, 2.45) is 0 Å². The van der Waals surface area contributed by atoms with Crippen molar-refractivity contribution in [3.63, 3.8) is 0 Å². The molecule has 0 amide bonds. The average Bonchev–Trinajstić information content (AvgIpc) is 3.46. The lowest BCUT2D eigenvalue weighted by Crippen LogP contribution is -2.38. The first-order valence-corrected chi connectivity index (χ1v) is 17.9. The molecule has 0 saturated carbocycles. The van der Waals surface area contributed by atoms with Gasteiger partial charge in [0.25, 0.3) is 0 Å². The van der Waals surface area contributed by atoms with Gasteiger partial charge in [0.1, 0.15) is 28.6 Å². The lowest BCUT2D eigenvalue weighted by atomic mass is 10.2. The molecule has 0 aliphatic heterocycles. The van der Waals surface area contributed by atoms with Crippen molar-refractivity contribution in [1.82, 2.24) is 19.4 Å². The van der Waals surface area contributed by atoms with Gasteiger partial charge in [0.05, 0.1) is 22.7 Å². The number of hydrogen-bond donors (Lipinski definition) is 0. The molecule has 0 radical (unpaired) electrons. The zero-order chi connectivity index (χ0) is 35.6. The Bertz CT molecular complexity index is 1620. The highest BCUT2D eigenvalue weighted by atomic mass is 35.5. The van der Waals surface area contributed by atoms with Crippen molar-refractivity contribution in [2.45, 2.75) is 86.2 Å². The largest absolute Gasteiger partial charge is 0.493 e. The number of alkyl halides is 3. The van der Waals surface area contributed by atoms with E-state index in [0.717, 1.165) is 99.2 Å². The van der Waals surface area contributed by atoms with Crippen molar-refractivity contribution in [1.29, 1.82) is 0 Å². The number of ether oxygens (including phenoxy) is 3. The van der Waals surface area contributed by atoms with Gasteiger partial charge in [0.15, 0.2) is 12.0 Å². The van der Waals surface area contributed by atoms with Crippen LogP contribution in [0.3, 0.4) is 0 Å². The molecule has 49 heavy (non-hydrogen) atoms. The quantitative estimate of drug-likeness (QED) is 0.0716. The lowest BCUT2D eigenvalue weighted by Gasteiger charge is -2.29. The summed E-state index contributed by atoms with van der Waals surface area (Å²) in [5, 5.41) is -0.375. The number of benzene rings is 3. The molecule has 0 spiro atoms. The number of unbranched alkanes of at least 4 members (excludes halogenated alkanes) is 1. The SMILES string of the molecule is CCCCn1c(-c2ccc(Oc3ccc(Cl)c(C(F)(F)F)c3)cc2)nc2c(OC(CC)N(CC)CC)cc(OCCCN(CC)CC)cc21. The van der Waals surface area contributed by atoms with E-state index in [1.54, 1.807) is 12.1 Å². The van der Waals surface area contributed by atoms with Gasteiger partial charge < -0.3 is 23.7 Å². The average molecular weight is 703 g/mol. The number of halogens is 4. The predicted molar refractivity (Wildman–Crippen MR) is 192 cm³/mol. The zero-order valence-electron chi connectivity index (χ0n) is 29.6. The van der Waals surface area contributed by atoms with Gasteiger partial charge in [-0.15, -0.1) is 0 Å². The second-order valence-electron chi connectivity index (χ2n) is 11.9. The van der Waals surface area contributed by atoms with Crippen molar-refractivity contribution >= 4 is 22.6 Å². The van der Waals surface area contributed by atoms with Crippen molar-refractivity contribution < 1.29 is 27.4 Å². The van der Waals surface area contributed by atoms with Crippen molar-refractivity contribution in [2.75, 3.05) is 39.3 Å². The van der Waals surface area contributed by atoms with E-state index in [2.05, 4.69) is 62.0 Å². The van der Waals surface area contributed by atoms with Crippen LogP contribution >= 0.6 is 11.6 Å². The molecular weight excluding hydrogens is 653 g/mol. The summed E-state index contributed by atoms with van der Waals surface area (Å²) in [4.78, 5) is 9.83.